The van der Waals surface area contributed by atoms with E-state index in [1.165, 1.54) is 0 Å². The summed E-state index contributed by atoms with van der Waals surface area (Å²) < 4.78 is 7.35. The molecular formula is C14H20IN3O3. The van der Waals surface area contributed by atoms with Crippen LogP contribution in [0.4, 0.5) is 10.6 Å². The molecule has 0 atom stereocenters. The van der Waals surface area contributed by atoms with Crippen molar-refractivity contribution >= 4 is 34.5 Å². The Balaban J connectivity index is 2.06. The van der Waals surface area contributed by atoms with Gasteiger partial charge in [-0.25, -0.2) is 4.79 Å². The number of carbonyl (C=O) groups is 1. The number of halogens is 1. The quantitative estimate of drug-likeness (QED) is 0.777. The molecule has 2 rings (SSSR count). The van der Waals surface area contributed by atoms with Gasteiger partial charge in [-0.05, 0) is 47.6 Å². The molecule has 6 nitrogen and oxygen atoms in total. The molecule has 1 aliphatic rings. The maximum absolute atomic E-state index is 12.0. The fraction of sp³-hybridized carbons (Fsp3) is 0.571. The van der Waals surface area contributed by atoms with Crippen molar-refractivity contribution in [3.05, 3.63) is 26.1 Å². The number of hydrogen-bond donors (Lipinski definition) is 1. The first-order valence-electron chi connectivity index (χ1n) is 6.85. The largest absolute Gasteiger partial charge is 0.449 e. The predicted octanol–water partition coefficient (Wildman–Crippen LogP) is 1.69. The third kappa shape index (κ3) is 3.69. The minimum atomic E-state index is -0.723. The normalized spacial score (nSPS) is 17.6. The van der Waals surface area contributed by atoms with Gasteiger partial charge < -0.3 is 15.4 Å². The van der Waals surface area contributed by atoms with Crippen LogP contribution in [0.5, 0.6) is 0 Å². The first kappa shape index (κ1) is 16.1. The van der Waals surface area contributed by atoms with Crippen LogP contribution in [0.2, 0.25) is 0 Å². The van der Waals surface area contributed by atoms with Crippen LogP contribution in [0.25, 0.3) is 0 Å². The molecule has 1 saturated heterocycles. The van der Waals surface area contributed by atoms with Crippen molar-refractivity contribution in [2.75, 3.05) is 24.6 Å². The van der Waals surface area contributed by atoms with Crippen molar-refractivity contribution in [1.29, 1.82) is 0 Å². The summed E-state index contributed by atoms with van der Waals surface area (Å²) in [6.45, 7) is 4.10. The van der Waals surface area contributed by atoms with Crippen LogP contribution in [0.3, 0.4) is 0 Å². The summed E-state index contributed by atoms with van der Waals surface area (Å²) in [6, 6.07) is 3.83. The Bertz CT molecular complexity index is 592. The molecule has 0 radical (unpaired) electrons. The molecule has 7 heteroatoms. The van der Waals surface area contributed by atoms with Crippen molar-refractivity contribution in [1.82, 2.24) is 4.57 Å². The lowest BCUT2D eigenvalue weighted by molar-refractivity contribution is 0.0817. The van der Waals surface area contributed by atoms with Crippen LogP contribution < -0.4 is 16.2 Å². The molecule has 1 amide bonds. The number of primary amides is 1. The van der Waals surface area contributed by atoms with Crippen LogP contribution in [0.15, 0.2) is 16.9 Å². The van der Waals surface area contributed by atoms with Crippen molar-refractivity contribution < 1.29 is 9.53 Å². The van der Waals surface area contributed by atoms with Gasteiger partial charge in [0.15, 0.2) is 0 Å². The molecule has 1 aromatic heterocycles. The monoisotopic (exact) mass is 405 g/mol. The number of hydrogen-bond acceptors (Lipinski definition) is 4. The van der Waals surface area contributed by atoms with Crippen LogP contribution in [-0.2, 0) is 11.8 Å². The van der Waals surface area contributed by atoms with Gasteiger partial charge in [0.05, 0.1) is 10.2 Å². The SMILES string of the molecule is Cn1c(N2CCC(C)(COC(N)=O)CC2)ccc(I)c1=O. The molecule has 2 heterocycles. The zero-order valence-corrected chi connectivity index (χ0v) is 14.4. The summed E-state index contributed by atoms with van der Waals surface area (Å²) in [5.41, 5.74) is 5.01. The van der Waals surface area contributed by atoms with Crippen molar-refractivity contribution in [3.63, 3.8) is 0 Å². The lowest BCUT2D eigenvalue weighted by Crippen LogP contribution is -2.43. The molecule has 0 aliphatic carbocycles. The van der Waals surface area contributed by atoms with E-state index in [-0.39, 0.29) is 11.0 Å². The number of piperidine rings is 1. The van der Waals surface area contributed by atoms with Gasteiger partial charge in [0.25, 0.3) is 5.56 Å². The zero-order chi connectivity index (χ0) is 15.6. The van der Waals surface area contributed by atoms with Crippen molar-refractivity contribution in [3.8, 4) is 0 Å². The minimum absolute atomic E-state index is 0.0264. The molecular weight excluding hydrogens is 385 g/mol. The lowest BCUT2D eigenvalue weighted by atomic mass is 9.81. The number of amides is 1. The number of aromatic nitrogens is 1. The highest BCUT2D eigenvalue weighted by molar-refractivity contribution is 14.1. The van der Waals surface area contributed by atoms with Crippen molar-refractivity contribution in [2.24, 2.45) is 18.2 Å². The molecule has 116 valence electrons. The van der Waals surface area contributed by atoms with Gasteiger partial charge in [-0.15, -0.1) is 0 Å². The van der Waals surface area contributed by atoms with E-state index in [9.17, 15) is 9.59 Å². The molecule has 0 bridgehead atoms. The number of anilines is 1. The van der Waals surface area contributed by atoms with E-state index in [1.807, 2.05) is 34.7 Å². The number of carbonyl (C=O) groups excluding carboxylic acids is 1. The number of rotatable bonds is 3. The van der Waals surface area contributed by atoms with Crippen molar-refractivity contribution in [2.45, 2.75) is 19.8 Å². The summed E-state index contributed by atoms with van der Waals surface area (Å²) in [5, 5.41) is 0. The van der Waals surface area contributed by atoms with E-state index in [0.29, 0.717) is 6.61 Å². The number of ether oxygens (including phenoxy) is 1. The number of nitrogens with two attached hydrogens (primary N) is 1. The fourth-order valence-corrected chi connectivity index (χ4v) is 3.12. The second-order valence-electron chi connectivity index (χ2n) is 5.81. The van der Waals surface area contributed by atoms with E-state index in [1.54, 1.807) is 11.6 Å². The summed E-state index contributed by atoms with van der Waals surface area (Å²) in [6.07, 6.45) is 1.06. The molecule has 0 aromatic carbocycles. The Labute approximate surface area is 137 Å². The fourth-order valence-electron chi connectivity index (χ4n) is 2.58. The van der Waals surface area contributed by atoms with Gasteiger partial charge in [0, 0.05) is 25.6 Å². The van der Waals surface area contributed by atoms with Crippen LogP contribution >= 0.6 is 22.6 Å². The van der Waals surface area contributed by atoms with E-state index < -0.39 is 6.09 Å². The summed E-state index contributed by atoms with van der Waals surface area (Å²) in [5.74, 6) is 0.929. The average molecular weight is 405 g/mol. The lowest BCUT2D eigenvalue weighted by Gasteiger charge is -2.40. The molecule has 1 aliphatic heterocycles. The summed E-state index contributed by atoms with van der Waals surface area (Å²) >= 11 is 2.05. The second kappa shape index (κ2) is 6.25. The Morgan fingerprint density at radius 3 is 2.62 bits per heavy atom. The van der Waals surface area contributed by atoms with Crippen LogP contribution in [0, 0.1) is 8.99 Å². The van der Waals surface area contributed by atoms with Gasteiger partial charge >= 0.3 is 6.09 Å². The first-order valence-corrected chi connectivity index (χ1v) is 7.93. The molecule has 1 aromatic rings. The molecule has 0 saturated carbocycles. The van der Waals surface area contributed by atoms with Crippen LogP contribution in [-0.4, -0.2) is 30.4 Å². The highest BCUT2D eigenvalue weighted by atomic mass is 127. The predicted molar refractivity (Wildman–Crippen MR) is 89.5 cm³/mol. The molecule has 1 fully saturated rings. The Hall–Kier alpha value is -1.25. The van der Waals surface area contributed by atoms with Gasteiger partial charge in [0.1, 0.15) is 5.82 Å². The molecule has 0 unspecified atom stereocenters. The first-order chi connectivity index (χ1) is 9.82. The minimum Gasteiger partial charge on any atom is -0.449 e. The second-order valence-corrected chi connectivity index (χ2v) is 6.97. The topological polar surface area (TPSA) is 77.6 Å². The number of pyridine rings is 1. The highest BCUT2D eigenvalue weighted by Crippen LogP contribution is 2.32. The smallest absolute Gasteiger partial charge is 0.404 e. The van der Waals surface area contributed by atoms with E-state index in [0.717, 1.165) is 35.3 Å². The van der Waals surface area contributed by atoms with E-state index in [2.05, 4.69) is 11.8 Å². The Morgan fingerprint density at radius 2 is 2.05 bits per heavy atom. The Morgan fingerprint density at radius 1 is 1.43 bits per heavy atom. The molecule has 2 N–H and O–H groups in total. The molecule has 0 spiro atoms. The van der Waals surface area contributed by atoms with Crippen LogP contribution in [0.1, 0.15) is 19.8 Å². The van der Waals surface area contributed by atoms with Gasteiger partial charge in [-0.1, -0.05) is 6.92 Å². The Kier molecular flexibility index (Phi) is 4.80. The molecule has 21 heavy (non-hydrogen) atoms. The third-order valence-corrected chi connectivity index (χ3v) is 4.91. The maximum atomic E-state index is 12.0. The summed E-state index contributed by atoms with van der Waals surface area (Å²) in [7, 11) is 1.80. The number of nitrogens with zero attached hydrogens (tertiary/aromatic N) is 2. The average Bonchev–Trinajstić information content (AvgIpc) is 2.45. The van der Waals surface area contributed by atoms with Gasteiger partial charge in [-0.3, -0.25) is 9.36 Å². The van der Waals surface area contributed by atoms with E-state index in [4.69, 9.17) is 10.5 Å². The maximum Gasteiger partial charge on any atom is 0.404 e. The summed E-state index contributed by atoms with van der Waals surface area (Å²) in [4.78, 5) is 24.9. The van der Waals surface area contributed by atoms with E-state index >= 15 is 0 Å². The third-order valence-electron chi connectivity index (χ3n) is 4.09. The zero-order valence-electron chi connectivity index (χ0n) is 12.3. The van der Waals surface area contributed by atoms with Gasteiger partial charge in [0.2, 0.25) is 0 Å². The standard InChI is InChI=1S/C14H20IN3O3/c1-14(9-21-13(16)20)5-7-18(8-6-14)11-4-3-10(15)12(19)17(11)2/h3-4H,5-9H2,1-2H3,(H2,16,20). The van der Waals surface area contributed by atoms with Gasteiger partial charge in [-0.2, -0.15) is 0 Å². The highest BCUT2D eigenvalue weighted by Gasteiger charge is 2.32.